The average Bonchev–Trinajstić information content (AvgIpc) is 2.51. The van der Waals surface area contributed by atoms with Crippen LogP contribution in [-0.2, 0) is 10.1 Å². The van der Waals surface area contributed by atoms with Crippen LogP contribution in [0.5, 0.6) is 11.5 Å². The van der Waals surface area contributed by atoms with Gasteiger partial charge in [-0.15, -0.1) is 0 Å². The van der Waals surface area contributed by atoms with Crippen molar-refractivity contribution in [3.63, 3.8) is 0 Å². The summed E-state index contributed by atoms with van der Waals surface area (Å²) in [5, 5.41) is 10.1. The number of benzene rings is 2. The SMILES string of the molecule is Cc1cc(S(=O)(=O)O)c(C(C)C)cc1OC(=O)c1cc(I)cc(I)c1O. The smallest absolute Gasteiger partial charge is 0.347 e. The zero-order valence-corrected chi connectivity index (χ0v) is 19.2. The van der Waals surface area contributed by atoms with E-state index in [4.69, 9.17) is 4.74 Å². The molecule has 0 aliphatic carbocycles. The Kier molecular flexibility index (Phi) is 6.57. The third-order valence-corrected chi connectivity index (χ3v) is 6.01. The first-order chi connectivity index (χ1) is 11.9. The van der Waals surface area contributed by atoms with Gasteiger partial charge in [0.2, 0.25) is 0 Å². The minimum absolute atomic E-state index is 0.0191. The first-order valence-corrected chi connectivity index (χ1v) is 11.0. The highest BCUT2D eigenvalue weighted by Crippen LogP contribution is 2.33. The fourth-order valence-electron chi connectivity index (χ4n) is 2.34. The number of aryl methyl sites for hydroxylation is 1. The van der Waals surface area contributed by atoms with Crippen molar-refractivity contribution in [1.82, 2.24) is 0 Å². The number of esters is 1. The molecular formula is C17H16I2O6S. The van der Waals surface area contributed by atoms with Crippen molar-refractivity contribution in [2.75, 3.05) is 0 Å². The minimum atomic E-state index is -4.40. The molecule has 2 aromatic rings. The standard InChI is InChI=1S/C17H16I2O6S/c1-8(2)11-7-14(9(3)4-15(11)26(22,23)24)25-17(21)12-5-10(18)6-13(19)16(12)20/h4-8,20H,1-3H3,(H,22,23,24). The molecule has 0 heterocycles. The summed E-state index contributed by atoms with van der Waals surface area (Å²) in [5.41, 5.74) is 0.725. The summed E-state index contributed by atoms with van der Waals surface area (Å²) in [6.07, 6.45) is 0. The molecule has 0 aliphatic heterocycles. The molecule has 2 N–H and O–H groups in total. The van der Waals surface area contributed by atoms with Gasteiger partial charge in [0.1, 0.15) is 17.1 Å². The van der Waals surface area contributed by atoms with E-state index in [0.717, 1.165) is 3.57 Å². The van der Waals surface area contributed by atoms with Gasteiger partial charge in [-0.25, -0.2) is 4.79 Å². The lowest BCUT2D eigenvalue weighted by molar-refractivity contribution is 0.0730. The summed E-state index contributed by atoms with van der Waals surface area (Å²) in [4.78, 5) is 12.3. The highest BCUT2D eigenvalue weighted by Gasteiger charge is 2.23. The molecule has 0 saturated carbocycles. The Bertz CT molecular complexity index is 983. The number of rotatable bonds is 4. The van der Waals surface area contributed by atoms with Gasteiger partial charge in [0, 0.05) is 3.57 Å². The van der Waals surface area contributed by atoms with Crippen LogP contribution in [0.1, 0.15) is 41.3 Å². The summed E-state index contributed by atoms with van der Waals surface area (Å²) in [6, 6.07) is 5.92. The Hall–Kier alpha value is -0.920. The van der Waals surface area contributed by atoms with Crippen LogP contribution < -0.4 is 4.74 Å². The second-order valence-electron chi connectivity index (χ2n) is 5.96. The van der Waals surface area contributed by atoms with E-state index in [2.05, 4.69) is 0 Å². The van der Waals surface area contributed by atoms with Gasteiger partial charge in [0.25, 0.3) is 10.1 Å². The third-order valence-electron chi connectivity index (χ3n) is 3.66. The molecule has 0 aliphatic rings. The maximum Gasteiger partial charge on any atom is 0.347 e. The van der Waals surface area contributed by atoms with E-state index in [1.165, 1.54) is 18.2 Å². The Morgan fingerprint density at radius 3 is 2.31 bits per heavy atom. The van der Waals surface area contributed by atoms with E-state index in [9.17, 15) is 22.9 Å². The number of carbonyl (C=O) groups excluding carboxylic acids is 1. The molecule has 2 rings (SSSR count). The lowest BCUT2D eigenvalue weighted by atomic mass is 10.0. The number of halogens is 2. The Morgan fingerprint density at radius 2 is 1.77 bits per heavy atom. The summed E-state index contributed by atoms with van der Waals surface area (Å²) in [5.74, 6) is -0.986. The van der Waals surface area contributed by atoms with Crippen LogP contribution in [-0.4, -0.2) is 24.0 Å². The van der Waals surface area contributed by atoms with Crippen LogP contribution in [0, 0.1) is 14.1 Å². The largest absolute Gasteiger partial charge is 0.506 e. The topological polar surface area (TPSA) is 101 Å². The summed E-state index contributed by atoms with van der Waals surface area (Å²) >= 11 is 3.94. The molecule has 0 bridgehead atoms. The fourth-order valence-corrected chi connectivity index (χ4v) is 5.10. The maximum atomic E-state index is 12.5. The quantitative estimate of drug-likeness (QED) is 0.232. The predicted octanol–water partition coefficient (Wildman–Crippen LogP) is 4.50. The Balaban J connectivity index is 2.51. The van der Waals surface area contributed by atoms with Gasteiger partial charge in [-0.2, -0.15) is 8.42 Å². The van der Waals surface area contributed by atoms with Gasteiger partial charge in [-0.05, 0) is 93.4 Å². The zero-order chi connectivity index (χ0) is 19.8. The van der Waals surface area contributed by atoms with E-state index >= 15 is 0 Å². The molecule has 0 spiro atoms. The first kappa shape index (κ1) is 21.4. The van der Waals surface area contributed by atoms with Crippen LogP contribution in [0.15, 0.2) is 29.2 Å². The molecule has 0 fully saturated rings. The Labute approximate surface area is 179 Å². The predicted molar refractivity (Wildman–Crippen MR) is 114 cm³/mol. The number of phenolic OH excluding ortho intramolecular Hbond substituents is 1. The fraction of sp³-hybridized carbons (Fsp3) is 0.235. The highest BCUT2D eigenvalue weighted by atomic mass is 127. The summed E-state index contributed by atoms with van der Waals surface area (Å²) in [6.45, 7) is 5.09. The number of hydrogen-bond donors (Lipinski definition) is 2. The minimum Gasteiger partial charge on any atom is -0.506 e. The van der Waals surface area contributed by atoms with Crippen LogP contribution in [0.3, 0.4) is 0 Å². The number of carbonyl (C=O) groups is 1. The van der Waals surface area contributed by atoms with Crippen LogP contribution in [0.4, 0.5) is 0 Å². The summed E-state index contributed by atoms with van der Waals surface area (Å²) in [7, 11) is -4.40. The molecule has 0 atom stereocenters. The van der Waals surface area contributed by atoms with Crippen LogP contribution in [0.2, 0.25) is 0 Å². The molecule has 0 amide bonds. The van der Waals surface area contributed by atoms with Gasteiger partial charge in [-0.1, -0.05) is 13.8 Å². The molecule has 0 radical (unpaired) electrons. The van der Waals surface area contributed by atoms with Crippen molar-refractivity contribution < 1.29 is 27.6 Å². The normalized spacial score (nSPS) is 11.7. The maximum absolute atomic E-state index is 12.5. The van der Waals surface area contributed by atoms with Gasteiger partial charge in [-0.3, -0.25) is 4.55 Å². The molecule has 26 heavy (non-hydrogen) atoms. The molecule has 140 valence electrons. The number of aromatic hydroxyl groups is 1. The van der Waals surface area contributed by atoms with Crippen molar-refractivity contribution >= 4 is 61.3 Å². The lowest BCUT2D eigenvalue weighted by Gasteiger charge is -2.16. The molecule has 0 unspecified atom stereocenters. The van der Waals surface area contributed by atoms with Gasteiger partial charge < -0.3 is 9.84 Å². The van der Waals surface area contributed by atoms with E-state index in [1.807, 2.05) is 45.2 Å². The second kappa shape index (κ2) is 7.98. The monoisotopic (exact) mass is 602 g/mol. The van der Waals surface area contributed by atoms with Gasteiger partial charge in [0.05, 0.1) is 8.47 Å². The number of ether oxygens (including phenoxy) is 1. The first-order valence-electron chi connectivity index (χ1n) is 7.44. The summed E-state index contributed by atoms with van der Waals surface area (Å²) < 4.78 is 39.3. The molecular weight excluding hydrogens is 586 g/mol. The molecule has 0 saturated heterocycles. The van der Waals surface area contributed by atoms with Crippen molar-refractivity contribution in [2.24, 2.45) is 0 Å². The van der Waals surface area contributed by atoms with E-state index < -0.39 is 16.1 Å². The van der Waals surface area contributed by atoms with Crippen molar-refractivity contribution in [3.8, 4) is 11.5 Å². The van der Waals surface area contributed by atoms with Crippen LogP contribution >= 0.6 is 45.2 Å². The third kappa shape index (κ3) is 4.67. The van der Waals surface area contributed by atoms with Gasteiger partial charge >= 0.3 is 5.97 Å². The van der Waals surface area contributed by atoms with E-state index in [0.29, 0.717) is 14.7 Å². The van der Waals surface area contributed by atoms with Gasteiger partial charge in [0.15, 0.2) is 0 Å². The van der Waals surface area contributed by atoms with Crippen LogP contribution in [0.25, 0.3) is 0 Å². The van der Waals surface area contributed by atoms with Crippen molar-refractivity contribution in [1.29, 1.82) is 0 Å². The number of hydrogen-bond acceptors (Lipinski definition) is 5. The van der Waals surface area contributed by atoms with Crippen molar-refractivity contribution in [2.45, 2.75) is 31.6 Å². The zero-order valence-electron chi connectivity index (χ0n) is 14.1. The van der Waals surface area contributed by atoms with Crippen molar-refractivity contribution in [3.05, 3.63) is 48.1 Å². The lowest BCUT2D eigenvalue weighted by Crippen LogP contribution is -2.12. The average molecular weight is 602 g/mol. The second-order valence-corrected chi connectivity index (χ2v) is 9.76. The highest BCUT2D eigenvalue weighted by molar-refractivity contribution is 14.1. The van der Waals surface area contributed by atoms with E-state index in [1.54, 1.807) is 26.8 Å². The molecule has 9 heteroatoms. The Morgan fingerprint density at radius 1 is 1.15 bits per heavy atom. The molecule has 0 aromatic heterocycles. The van der Waals surface area contributed by atoms with E-state index in [-0.39, 0.29) is 27.9 Å². The number of phenols is 1. The molecule has 2 aromatic carbocycles. The molecule has 6 nitrogen and oxygen atoms in total.